The highest BCUT2D eigenvalue weighted by molar-refractivity contribution is 6.04. The van der Waals surface area contributed by atoms with Gasteiger partial charge in [0.2, 0.25) is 0 Å². The Morgan fingerprint density at radius 3 is 1.65 bits per heavy atom. The molecule has 0 aliphatic carbocycles. The fourth-order valence-electron chi connectivity index (χ4n) is 1.36. The lowest BCUT2D eigenvalue weighted by atomic mass is 10.2. The van der Waals surface area contributed by atoms with E-state index in [0.717, 1.165) is 11.1 Å². The van der Waals surface area contributed by atoms with Crippen LogP contribution in [-0.4, -0.2) is 15.8 Å². The molecule has 20 heavy (non-hydrogen) atoms. The third-order valence-electron chi connectivity index (χ3n) is 2.25. The number of carbonyl (C=O) groups is 1. The van der Waals surface area contributed by atoms with Crippen LogP contribution >= 0.6 is 24.8 Å². The van der Waals surface area contributed by atoms with Gasteiger partial charge in [-0.25, -0.2) is 0 Å². The maximum absolute atomic E-state index is 11.6. The molecule has 0 aromatic carbocycles. The molecule has 0 fully saturated rings. The zero-order chi connectivity index (χ0) is 12.6. The fourth-order valence-corrected chi connectivity index (χ4v) is 1.36. The molecule has 0 aliphatic rings. The lowest BCUT2D eigenvalue weighted by Crippen LogP contribution is -1.85. The molecule has 2 heterocycles. The predicted octanol–water partition coefficient (Wildman–Crippen LogP) is 3.62. The van der Waals surface area contributed by atoms with Crippen molar-refractivity contribution in [2.75, 3.05) is 0 Å². The highest BCUT2D eigenvalue weighted by Crippen LogP contribution is 2.01. The van der Waals surface area contributed by atoms with Gasteiger partial charge in [0.05, 0.1) is 0 Å². The lowest BCUT2D eigenvalue weighted by Gasteiger charge is -1.90. The number of aromatic nitrogens is 2. The van der Waals surface area contributed by atoms with Gasteiger partial charge in [-0.15, -0.1) is 24.8 Å². The second-order valence-corrected chi connectivity index (χ2v) is 3.64. The van der Waals surface area contributed by atoms with Crippen LogP contribution in [0.3, 0.4) is 0 Å². The average Bonchev–Trinajstić information content (AvgIpc) is 2.45. The van der Waals surface area contributed by atoms with Gasteiger partial charge in [0.1, 0.15) is 0 Å². The Morgan fingerprint density at radius 1 is 0.850 bits per heavy atom. The van der Waals surface area contributed by atoms with Crippen molar-refractivity contribution in [1.29, 1.82) is 0 Å². The molecule has 104 valence electrons. The Hall–Kier alpha value is -1.97. The van der Waals surface area contributed by atoms with E-state index in [1.807, 2.05) is 24.3 Å². The highest BCUT2D eigenvalue weighted by atomic mass is 35.5. The number of hydrogen-bond acceptors (Lipinski definition) is 3. The molecule has 0 bridgehead atoms. The Bertz CT molecular complexity index is 517. The standard InChI is InChI=1S/C15H12N2O.2ClH/c18-15(7-5-13-3-1-9-16-11-13)8-6-14-4-2-10-17-12-14;;/h1-12H;2*1H. The van der Waals surface area contributed by atoms with E-state index in [1.54, 1.807) is 36.9 Å². The Morgan fingerprint density at radius 2 is 1.30 bits per heavy atom. The Labute approximate surface area is 130 Å². The number of halogens is 2. The van der Waals surface area contributed by atoms with E-state index in [-0.39, 0.29) is 30.6 Å². The zero-order valence-electron chi connectivity index (χ0n) is 10.5. The quantitative estimate of drug-likeness (QED) is 0.810. The van der Waals surface area contributed by atoms with Crippen LogP contribution in [0.2, 0.25) is 0 Å². The molecule has 2 rings (SSSR count). The van der Waals surface area contributed by atoms with Crippen molar-refractivity contribution in [3.05, 3.63) is 72.3 Å². The van der Waals surface area contributed by atoms with Crippen LogP contribution in [0, 0.1) is 0 Å². The molecule has 0 saturated heterocycles. The summed E-state index contributed by atoms with van der Waals surface area (Å²) in [7, 11) is 0. The lowest BCUT2D eigenvalue weighted by molar-refractivity contribution is -0.110. The second-order valence-electron chi connectivity index (χ2n) is 3.64. The molecule has 0 saturated carbocycles. The third kappa shape index (κ3) is 6.27. The van der Waals surface area contributed by atoms with Gasteiger partial charge in [-0.2, -0.15) is 0 Å². The first-order valence-corrected chi connectivity index (χ1v) is 5.55. The molecule has 2 aromatic heterocycles. The van der Waals surface area contributed by atoms with Gasteiger partial charge >= 0.3 is 0 Å². The van der Waals surface area contributed by atoms with Crippen LogP contribution < -0.4 is 0 Å². The molecular formula is C15H14Cl2N2O. The summed E-state index contributed by atoms with van der Waals surface area (Å²) in [5.41, 5.74) is 1.81. The maximum Gasteiger partial charge on any atom is 0.178 e. The fraction of sp³-hybridized carbons (Fsp3) is 0. The van der Waals surface area contributed by atoms with E-state index in [1.165, 1.54) is 12.2 Å². The Kier molecular flexibility index (Phi) is 8.92. The molecule has 0 aliphatic heterocycles. The SMILES string of the molecule is Cl.Cl.O=C(C=Cc1cccnc1)C=Cc1cccnc1. The second kappa shape index (κ2) is 9.89. The Balaban J connectivity index is 0.00000180. The molecule has 3 nitrogen and oxygen atoms in total. The van der Waals surface area contributed by atoms with E-state index in [4.69, 9.17) is 0 Å². The molecule has 0 spiro atoms. The van der Waals surface area contributed by atoms with E-state index < -0.39 is 0 Å². The van der Waals surface area contributed by atoms with Crippen molar-refractivity contribution in [3.8, 4) is 0 Å². The smallest absolute Gasteiger partial charge is 0.178 e. The van der Waals surface area contributed by atoms with E-state index in [0.29, 0.717) is 0 Å². The molecule has 0 radical (unpaired) electrons. The van der Waals surface area contributed by atoms with Crippen LogP contribution in [0.5, 0.6) is 0 Å². The number of hydrogen-bond donors (Lipinski definition) is 0. The summed E-state index contributed by atoms with van der Waals surface area (Å²) in [5.74, 6) is -0.0669. The summed E-state index contributed by atoms with van der Waals surface area (Å²) in [6.45, 7) is 0. The van der Waals surface area contributed by atoms with Crippen LogP contribution in [0.4, 0.5) is 0 Å². The monoisotopic (exact) mass is 308 g/mol. The van der Waals surface area contributed by atoms with Gasteiger partial charge in [0.15, 0.2) is 5.78 Å². The normalized spacial score (nSPS) is 10.0. The van der Waals surface area contributed by atoms with Crippen LogP contribution in [0.15, 0.2) is 61.2 Å². The van der Waals surface area contributed by atoms with Crippen molar-refractivity contribution in [3.63, 3.8) is 0 Å². The number of nitrogens with zero attached hydrogens (tertiary/aromatic N) is 2. The minimum atomic E-state index is -0.0669. The van der Waals surface area contributed by atoms with Crippen LogP contribution in [0.25, 0.3) is 12.2 Å². The number of rotatable bonds is 4. The summed E-state index contributed by atoms with van der Waals surface area (Å²) < 4.78 is 0. The first-order valence-electron chi connectivity index (χ1n) is 5.55. The number of pyridine rings is 2. The summed E-state index contributed by atoms with van der Waals surface area (Å²) >= 11 is 0. The first kappa shape index (κ1) is 18.0. The average molecular weight is 309 g/mol. The van der Waals surface area contributed by atoms with Gasteiger partial charge in [-0.05, 0) is 47.6 Å². The molecule has 0 unspecified atom stereocenters. The van der Waals surface area contributed by atoms with Gasteiger partial charge in [0.25, 0.3) is 0 Å². The molecular weight excluding hydrogens is 295 g/mol. The topological polar surface area (TPSA) is 42.9 Å². The highest BCUT2D eigenvalue weighted by Gasteiger charge is 1.90. The van der Waals surface area contributed by atoms with Gasteiger partial charge in [0, 0.05) is 24.8 Å². The summed E-state index contributed by atoms with van der Waals surface area (Å²) in [6, 6.07) is 7.44. The van der Waals surface area contributed by atoms with E-state index in [9.17, 15) is 4.79 Å². The maximum atomic E-state index is 11.6. The molecule has 2 aromatic rings. The van der Waals surface area contributed by atoms with Crippen LogP contribution in [-0.2, 0) is 4.79 Å². The summed E-state index contributed by atoms with van der Waals surface area (Å²) in [6.07, 6.45) is 13.3. The van der Waals surface area contributed by atoms with Crippen molar-refractivity contribution in [2.24, 2.45) is 0 Å². The van der Waals surface area contributed by atoms with Crippen LogP contribution in [0.1, 0.15) is 11.1 Å². The van der Waals surface area contributed by atoms with E-state index in [2.05, 4.69) is 9.97 Å². The number of carbonyl (C=O) groups excluding carboxylic acids is 1. The van der Waals surface area contributed by atoms with Crippen molar-refractivity contribution in [2.45, 2.75) is 0 Å². The van der Waals surface area contributed by atoms with Crippen molar-refractivity contribution >= 4 is 42.7 Å². The van der Waals surface area contributed by atoms with Gasteiger partial charge in [-0.1, -0.05) is 12.1 Å². The number of allylic oxidation sites excluding steroid dienone is 2. The van der Waals surface area contributed by atoms with Gasteiger partial charge < -0.3 is 0 Å². The first-order chi connectivity index (χ1) is 8.84. The summed E-state index contributed by atoms with van der Waals surface area (Å²) in [4.78, 5) is 19.5. The zero-order valence-corrected chi connectivity index (χ0v) is 12.2. The predicted molar refractivity (Wildman–Crippen MR) is 86.0 cm³/mol. The summed E-state index contributed by atoms with van der Waals surface area (Å²) in [5, 5.41) is 0. The molecule has 0 amide bonds. The largest absolute Gasteiger partial charge is 0.290 e. The van der Waals surface area contributed by atoms with Gasteiger partial charge in [-0.3, -0.25) is 14.8 Å². The number of ketones is 1. The minimum absolute atomic E-state index is 0. The minimum Gasteiger partial charge on any atom is -0.290 e. The van der Waals surface area contributed by atoms with Crippen molar-refractivity contribution < 1.29 is 4.79 Å². The van der Waals surface area contributed by atoms with Crippen molar-refractivity contribution in [1.82, 2.24) is 9.97 Å². The molecule has 5 heteroatoms. The molecule has 0 atom stereocenters. The van der Waals surface area contributed by atoms with E-state index >= 15 is 0 Å². The molecule has 0 N–H and O–H groups in total. The third-order valence-corrected chi connectivity index (χ3v) is 2.25.